The van der Waals surface area contributed by atoms with Gasteiger partial charge in [-0.3, -0.25) is 0 Å². The number of benzene rings is 2. The third-order valence-electron chi connectivity index (χ3n) is 5.20. The van der Waals surface area contributed by atoms with E-state index >= 15 is 0 Å². The Hall–Kier alpha value is -1.39. The lowest BCUT2D eigenvalue weighted by molar-refractivity contribution is 0.00578. The molecule has 0 atom stereocenters. The van der Waals surface area contributed by atoms with E-state index < -0.39 is 18.3 Å². The summed E-state index contributed by atoms with van der Waals surface area (Å²) in [5.74, 6) is -0.165. The summed E-state index contributed by atoms with van der Waals surface area (Å²) >= 11 is 0. The maximum atomic E-state index is 14.3. The van der Waals surface area contributed by atoms with Gasteiger partial charge in [0.1, 0.15) is 5.82 Å². The van der Waals surface area contributed by atoms with Crippen LogP contribution < -0.4 is 5.46 Å². The Balaban J connectivity index is 2.24. The number of hydrogen-bond donors (Lipinski definition) is 0. The summed E-state index contributed by atoms with van der Waals surface area (Å²) in [4.78, 5) is 0. The lowest BCUT2D eigenvalue weighted by Gasteiger charge is -2.32. The number of fused-ring (bicyclic) bond motifs is 1. The van der Waals surface area contributed by atoms with Gasteiger partial charge in [0, 0.05) is 0 Å². The van der Waals surface area contributed by atoms with Gasteiger partial charge in [-0.05, 0) is 68.9 Å². The second-order valence-corrected chi connectivity index (χ2v) is 7.42. The molecular formula is C19H24BFO2. The van der Waals surface area contributed by atoms with E-state index in [1.54, 1.807) is 6.07 Å². The monoisotopic (exact) mass is 314 g/mol. The Morgan fingerprint density at radius 3 is 2.22 bits per heavy atom. The van der Waals surface area contributed by atoms with Crippen molar-refractivity contribution in [1.82, 2.24) is 0 Å². The highest BCUT2D eigenvalue weighted by Gasteiger charge is 2.52. The standard InChI is InChI=1S/C19H24BFO2/c1-7-14-16(21)9-8-13-10-12(2)11-15(17(13)14)20-22-18(3,4)19(5,6)23-20/h8-11H,7H2,1-6H3. The van der Waals surface area contributed by atoms with Crippen LogP contribution in [0.15, 0.2) is 24.3 Å². The molecule has 0 unspecified atom stereocenters. The van der Waals surface area contributed by atoms with Crippen molar-refractivity contribution in [3.05, 3.63) is 41.2 Å². The molecule has 2 nitrogen and oxygen atoms in total. The van der Waals surface area contributed by atoms with E-state index in [1.807, 2.05) is 47.6 Å². The van der Waals surface area contributed by atoms with Crippen molar-refractivity contribution >= 4 is 23.4 Å². The Bertz CT molecular complexity index is 752. The van der Waals surface area contributed by atoms with E-state index in [2.05, 4.69) is 12.1 Å². The summed E-state index contributed by atoms with van der Waals surface area (Å²) in [7, 11) is -0.477. The Morgan fingerprint density at radius 2 is 1.65 bits per heavy atom. The topological polar surface area (TPSA) is 18.5 Å². The lowest BCUT2D eigenvalue weighted by Crippen LogP contribution is -2.41. The zero-order valence-electron chi connectivity index (χ0n) is 14.8. The van der Waals surface area contributed by atoms with Gasteiger partial charge in [-0.2, -0.15) is 0 Å². The average molecular weight is 314 g/mol. The van der Waals surface area contributed by atoms with Gasteiger partial charge in [0.15, 0.2) is 0 Å². The van der Waals surface area contributed by atoms with Crippen LogP contribution in [0.25, 0.3) is 10.8 Å². The molecule has 3 rings (SSSR count). The van der Waals surface area contributed by atoms with Gasteiger partial charge in [0.05, 0.1) is 11.2 Å². The minimum Gasteiger partial charge on any atom is -0.399 e. The quantitative estimate of drug-likeness (QED) is 0.775. The minimum atomic E-state index is -0.477. The molecule has 1 heterocycles. The van der Waals surface area contributed by atoms with Crippen molar-refractivity contribution in [3.8, 4) is 0 Å². The molecule has 0 aliphatic carbocycles. The van der Waals surface area contributed by atoms with Gasteiger partial charge in [0.2, 0.25) is 0 Å². The summed E-state index contributed by atoms with van der Waals surface area (Å²) < 4.78 is 26.7. The molecule has 2 aromatic carbocycles. The highest BCUT2D eigenvalue weighted by molar-refractivity contribution is 6.65. The molecule has 0 bridgehead atoms. The Kier molecular flexibility index (Phi) is 3.81. The van der Waals surface area contributed by atoms with Crippen LogP contribution in [0.1, 0.15) is 45.7 Å². The zero-order valence-corrected chi connectivity index (χ0v) is 14.8. The Labute approximate surface area is 138 Å². The maximum Gasteiger partial charge on any atom is 0.495 e. The van der Waals surface area contributed by atoms with Gasteiger partial charge in [-0.15, -0.1) is 0 Å². The zero-order chi connectivity index (χ0) is 17.0. The van der Waals surface area contributed by atoms with Gasteiger partial charge < -0.3 is 9.31 Å². The third kappa shape index (κ3) is 2.58. The van der Waals surface area contributed by atoms with Crippen LogP contribution in [0.2, 0.25) is 0 Å². The first-order valence-corrected chi connectivity index (χ1v) is 8.23. The van der Waals surface area contributed by atoms with Crippen molar-refractivity contribution in [2.24, 2.45) is 0 Å². The lowest BCUT2D eigenvalue weighted by atomic mass is 9.74. The largest absolute Gasteiger partial charge is 0.495 e. The predicted molar refractivity (Wildman–Crippen MR) is 93.7 cm³/mol. The highest BCUT2D eigenvalue weighted by Crippen LogP contribution is 2.37. The molecule has 122 valence electrons. The van der Waals surface area contributed by atoms with Crippen LogP contribution in [0, 0.1) is 12.7 Å². The first kappa shape index (κ1) is 16.5. The van der Waals surface area contributed by atoms with E-state index in [4.69, 9.17) is 9.31 Å². The summed E-state index contributed by atoms with van der Waals surface area (Å²) in [5.41, 5.74) is 1.96. The molecule has 1 saturated heterocycles. The summed E-state index contributed by atoms with van der Waals surface area (Å²) in [6.45, 7) is 12.2. The van der Waals surface area contributed by atoms with Crippen molar-refractivity contribution in [2.45, 2.75) is 59.2 Å². The van der Waals surface area contributed by atoms with Crippen LogP contribution >= 0.6 is 0 Å². The van der Waals surface area contributed by atoms with E-state index in [9.17, 15) is 4.39 Å². The first-order chi connectivity index (χ1) is 10.7. The normalized spacial score (nSPS) is 19.5. The number of halogens is 1. The summed E-state index contributed by atoms with van der Waals surface area (Å²) in [6, 6.07) is 7.53. The van der Waals surface area contributed by atoms with Crippen molar-refractivity contribution < 1.29 is 13.7 Å². The third-order valence-corrected chi connectivity index (χ3v) is 5.20. The second-order valence-electron chi connectivity index (χ2n) is 7.42. The van der Waals surface area contributed by atoms with E-state index in [0.717, 1.165) is 27.4 Å². The van der Waals surface area contributed by atoms with Crippen LogP contribution in [-0.2, 0) is 15.7 Å². The minimum absolute atomic E-state index is 0.165. The van der Waals surface area contributed by atoms with Crippen LogP contribution in [0.5, 0.6) is 0 Å². The Morgan fingerprint density at radius 1 is 1.04 bits per heavy atom. The molecule has 2 aromatic rings. The van der Waals surface area contributed by atoms with Crippen LogP contribution in [-0.4, -0.2) is 18.3 Å². The smallest absolute Gasteiger partial charge is 0.399 e. The van der Waals surface area contributed by atoms with E-state index in [0.29, 0.717) is 6.42 Å². The van der Waals surface area contributed by atoms with Gasteiger partial charge in [0.25, 0.3) is 0 Å². The molecule has 1 fully saturated rings. The molecule has 1 aliphatic heterocycles. The van der Waals surface area contributed by atoms with E-state index in [-0.39, 0.29) is 5.82 Å². The molecule has 1 aliphatic rings. The number of aryl methyl sites for hydroxylation is 2. The SMILES string of the molecule is CCc1c(F)ccc2cc(C)cc(B3OC(C)(C)C(C)(C)O3)c12. The fourth-order valence-electron chi connectivity index (χ4n) is 3.21. The molecule has 0 spiro atoms. The fourth-order valence-corrected chi connectivity index (χ4v) is 3.21. The molecule has 0 N–H and O–H groups in total. The average Bonchev–Trinajstić information content (AvgIpc) is 2.67. The van der Waals surface area contributed by atoms with Gasteiger partial charge in [-0.25, -0.2) is 4.39 Å². The first-order valence-electron chi connectivity index (χ1n) is 8.23. The highest BCUT2D eigenvalue weighted by atomic mass is 19.1. The molecule has 0 radical (unpaired) electrons. The van der Waals surface area contributed by atoms with Crippen molar-refractivity contribution in [2.75, 3.05) is 0 Å². The van der Waals surface area contributed by atoms with Crippen LogP contribution in [0.3, 0.4) is 0 Å². The van der Waals surface area contributed by atoms with E-state index in [1.165, 1.54) is 0 Å². The summed E-state index contributed by atoms with van der Waals surface area (Å²) in [6.07, 6.45) is 0.638. The fraction of sp³-hybridized carbons (Fsp3) is 0.474. The van der Waals surface area contributed by atoms with Crippen molar-refractivity contribution in [1.29, 1.82) is 0 Å². The van der Waals surface area contributed by atoms with Crippen molar-refractivity contribution in [3.63, 3.8) is 0 Å². The molecular weight excluding hydrogens is 290 g/mol. The molecule has 0 aromatic heterocycles. The van der Waals surface area contributed by atoms with Gasteiger partial charge >= 0.3 is 7.12 Å². The molecule has 23 heavy (non-hydrogen) atoms. The molecule has 0 saturated carbocycles. The molecule has 4 heteroatoms. The summed E-state index contributed by atoms with van der Waals surface area (Å²) in [5, 5.41) is 1.96. The predicted octanol–water partition coefficient (Wildman–Crippen LogP) is 4.15. The van der Waals surface area contributed by atoms with Crippen LogP contribution in [0.4, 0.5) is 4.39 Å². The number of hydrogen-bond acceptors (Lipinski definition) is 2. The second kappa shape index (κ2) is 5.32. The maximum absolute atomic E-state index is 14.3. The molecule has 0 amide bonds. The van der Waals surface area contributed by atoms with Gasteiger partial charge in [-0.1, -0.05) is 30.7 Å². The number of rotatable bonds is 2.